The third kappa shape index (κ3) is 6.42. The monoisotopic (exact) mass is 359 g/mol. The van der Waals surface area contributed by atoms with Crippen LogP contribution in [0.3, 0.4) is 0 Å². The quantitative estimate of drug-likeness (QED) is 0.395. The highest BCUT2D eigenvalue weighted by Gasteiger charge is 2.08. The van der Waals surface area contributed by atoms with Gasteiger partial charge in [-0.2, -0.15) is 0 Å². The van der Waals surface area contributed by atoms with Crippen LogP contribution >= 0.6 is 15.9 Å². The van der Waals surface area contributed by atoms with Crippen LogP contribution in [0.2, 0.25) is 0 Å². The number of alkyl halides is 1. The summed E-state index contributed by atoms with van der Waals surface area (Å²) in [5.41, 5.74) is 1.60. The molecule has 0 aromatic carbocycles. The molecule has 1 heterocycles. The molecule has 1 unspecified atom stereocenters. The van der Waals surface area contributed by atoms with Crippen LogP contribution in [0.4, 0.5) is 10.1 Å². The highest BCUT2D eigenvalue weighted by Crippen LogP contribution is 2.29. The topological polar surface area (TPSA) is 37.7 Å². The fraction of sp³-hybridized carbons (Fsp3) is 0.600. The van der Waals surface area contributed by atoms with E-state index < -0.39 is 6.17 Å². The number of aliphatic imine (C=N–C) groups is 1. The van der Waals surface area contributed by atoms with Gasteiger partial charge in [0.1, 0.15) is 0 Å². The summed E-state index contributed by atoms with van der Waals surface area (Å²) in [6.07, 6.45) is 2.16. The molecule has 1 aromatic heterocycles. The van der Waals surface area contributed by atoms with Gasteiger partial charge in [-0.25, -0.2) is 14.4 Å². The molecule has 1 rings (SSSR count). The van der Waals surface area contributed by atoms with E-state index in [-0.39, 0.29) is 0 Å². The summed E-state index contributed by atoms with van der Waals surface area (Å²) in [5, 5.41) is 0. The molecule has 1 aromatic rings. The smallest absolute Gasteiger partial charge is 0.228 e. The SMILES string of the molecule is CCN(C)/C=N/c1cc(Br)c(OCCCC(C)F)nc1C. The van der Waals surface area contributed by atoms with Gasteiger partial charge in [0.25, 0.3) is 0 Å². The summed E-state index contributed by atoms with van der Waals surface area (Å²) < 4.78 is 19.0. The van der Waals surface area contributed by atoms with Gasteiger partial charge in [0.15, 0.2) is 0 Å². The molecule has 0 fully saturated rings. The molecule has 0 saturated carbocycles. The van der Waals surface area contributed by atoms with Crippen LogP contribution < -0.4 is 4.74 Å². The van der Waals surface area contributed by atoms with Crippen LogP contribution in [0, 0.1) is 6.92 Å². The standard InChI is InChI=1S/C15H23BrFN3O/c1-5-20(4)10-18-14-9-13(16)15(19-12(14)3)21-8-6-7-11(2)17/h9-11H,5-8H2,1-4H3/b18-10+. The van der Waals surface area contributed by atoms with Crippen molar-refractivity contribution in [1.82, 2.24) is 9.88 Å². The third-order valence-corrected chi connectivity index (χ3v) is 3.55. The fourth-order valence-corrected chi connectivity index (χ4v) is 1.98. The fourth-order valence-electron chi connectivity index (χ4n) is 1.56. The lowest BCUT2D eigenvalue weighted by atomic mass is 10.2. The number of halogens is 2. The van der Waals surface area contributed by atoms with E-state index in [1.807, 2.05) is 24.9 Å². The van der Waals surface area contributed by atoms with Crippen LogP contribution in [-0.4, -0.2) is 42.6 Å². The first-order valence-electron chi connectivity index (χ1n) is 7.12. The Morgan fingerprint density at radius 1 is 1.57 bits per heavy atom. The van der Waals surface area contributed by atoms with Gasteiger partial charge in [-0.1, -0.05) is 0 Å². The molecule has 6 heteroatoms. The molecule has 0 aliphatic heterocycles. The second-order valence-electron chi connectivity index (χ2n) is 4.97. The molecule has 0 amide bonds. The van der Waals surface area contributed by atoms with Crippen LogP contribution in [0.1, 0.15) is 32.4 Å². The average molecular weight is 360 g/mol. The summed E-state index contributed by atoms with van der Waals surface area (Å²) in [6.45, 7) is 6.86. The normalized spacial score (nSPS) is 12.7. The Kier molecular flexibility index (Phi) is 7.64. The van der Waals surface area contributed by atoms with E-state index in [2.05, 4.69) is 32.8 Å². The minimum atomic E-state index is -0.793. The van der Waals surface area contributed by atoms with E-state index in [0.29, 0.717) is 25.3 Å². The highest BCUT2D eigenvalue weighted by atomic mass is 79.9. The van der Waals surface area contributed by atoms with Crippen LogP contribution in [0.5, 0.6) is 5.88 Å². The van der Waals surface area contributed by atoms with Gasteiger partial charge >= 0.3 is 0 Å². The maximum Gasteiger partial charge on any atom is 0.228 e. The zero-order valence-corrected chi connectivity index (χ0v) is 14.7. The zero-order valence-electron chi connectivity index (χ0n) is 13.1. The molecule has 4 nitrogen and oxygen atoms in total. The maximum atomic E-state index is 12.7. The van der Waals surface area contributed by atoms with E-state index in [4.69, 9.17) is 4.74 Å². The summed E-state index contributed by atoms with van der Waals surface area (Å²) in [4.78, 5) is 10.8. The van der Waals surface area contributed by atoms with E-state index in [9.17, 15) is 4.39 Å². The Morgan fingerprint density at radius 3 is 2.90 bits per heavy atom. The van der Waals surface area contributed by atoms with Crippen molar-refractivity contribution in [2.45, 2.75) is 39.8 Å². The lowest BCUT2D eigenvalue weighted by molar-refractivity contribution is 0.261. The highest BCUT2D eigenvalue weighted by molar-refractivity contribution is 9.10. The molecule has 0 radical (unpaired) electrons. The van der Waals surface area contributed by atoms with E-state index in [1.165, 1.54) is 0 Å². The Labute approximate surface area is 134 Å². The van der Waals surface area contributed by atoms with Crippen molar-refractivity contribution in [3.05, 3.63) is 16.2 Å². The van der Waals surface area contributed by atoms with Gasteiger partial charge in [0.05, 0.1) is 35.0 Å². The van der Waals surface area contributed by atoms with Crippen molar-refractivity contribution < 1.29 is 9.13 Å². The number of ether oxygens (including phenoxy) is 1. The van der Waals surface area contributed by atoms with Crippen LogP contribution in [0.25, 0.3) is 0 Å². The summed E-state index contributed by atoms with van der Waals surface area (Å²) in [5.74, 6) is 0.529. The summed E-state index contributed by atoms with van der Waals surface area (Å²) >= 11 is 3.44. The molecule has 0 saturated heterocycles. The van der Waals surface area contributed by atoms with Gasteiger partial charge in [0.2, 0.25) is 5.88 Å². The van der Waals surface area contributed by atoms with Crippen molar-refractivity contribution in [2.75, 3.05) is 20.2 Å². The van der Waals surface area contributed by atoms with Crippen LogP contribution in [0.15, 0.2) is 15.5 Å². The van der Waals surface area contributed by atoms with Gasteiger partial charge in [-0.15, -0.1) is 0 Å². The van der Waals surface area contributed by atoms with Crippen LogP contribution in [-0.2, 0) is 0 Å². The minimum absolute atomic E-state index is 0.459. The summed E-state index contributed by atoms with van der Waals surface area (Å²) in [7, 11) is 1.96. The van der Waals surface area contributed by atoms with Crippen molar-refractivity contribution >= 4 is 28.0 Å². The van der Waals surface area contributed by atoms with Crippen molar-refractivity contribution in [2.24, 2.45) is 4.99 Å². The minimum Gasteiger partial charge on any atom is -0.477 e. The van der Waals surface area contributed by atoms with E-state index in [0.717, 1.165) is 22.4 Å². The average Bonchev–Trinajstić information content (AvgIpc) is 2.44. The Hall–Kier alpha value is -1.17. The number of aromatic nitrogens is 1. The molecule has 0 bridgehead atoms. The van der Waals surface area contributed by atoms with Gasteiger partial charge in [-0.3, -0.25) is 0 Å². The number of hydrogen-bond donors (Lipinski definition) is 0. The molecule has 1 atom stereocenters. The zero-order chi connectivity index (χ0) is 15.8. The predicted molar refractivity (Wildman–Crippen MR) is 88.4 cm³/mol. The van der Waals surface area contributed by atoms with Gasteiger partial charge in [0, 0.05) is 13.6 Å². The molecular weight excluding hydrogens is 337 g/mol. The number of rotatable bonds is 8. The molecule has 118 valence electrons. The predicted octanol–water partition coefficient (Wildman–Crippen LogP) is 4.28. The Bertz CT molecular complexity index is 480. The Morgan fingerprint density at radius 2 is 2.29 bits per heavy atom. The third-order valence-electron chi connectivity index (χ3n) is 2.99. The largest absolute Gasteiger partial charge is 0.477 e. The van der Waals surface area contributed by atoms with E-state index >= 15 is 0 Å². The molecular formula is C15H23BrFN3O. The molecule has 0 aliphatic rings. The molecule has 0 N–H and O–H groups in total. The van der Waals surface area contributed by atoms with E-state index in [1.54, 1.807) is 13.3 Å². The second-order valence-corrected chi connectivity index (χ2v) is 5.82. The summed E-state index contributed by atoms with van der Waals surface area (Å²) in [6, 6.07) is 1.88. The van der Waals surface area contributed by atoms with Gasteiger partial charge in [-0.05, 0) is 55.6 Å². The number of hydrogen-bond acceptors (Lipinski definition) is 3. The second kappa shape index (κ2) is 8.97. The Balaban J connectivity index is 2.68. The molecule has 21 heavy (non-hydrogen) atoms. The number of pyridine rings is 1. The first-order chi connectivity index (χ1) is 9.93. The lowest BCUT2D eigenvalue weighted by Gasteiger charge is -2.11. The number of nitrogens with zero attached hydrogens (tertiary/aromatic N) is 3. The van der Waals surface area contributed by atoms with Crippen molar-refractivity contribution in [3.8, 4) is 5.88 Å². The van der Waals surface area contributed by atoms with Crippen molar-refractivity contribution in [1.29, 1.82) is 0 Å². The van der Waals surface area contributed by atoms with Gasteiger partial charge < -0.3 is 9.64 Å². The number of aryl methyl sites for hydroxylation is 1. The van der Waals surface area contributed by atoms with Crippen molar-refractivity contribution in [3.63, 3.8) is 0 Å². The molecule has 0 spiro atoms. The first kappa shape index (κ1) is 17.9. The maximum absolute atomic E-state index is 12.7. The first-order valence-corrected chi connectivity index (χ1v) is 7.91. The lowest BCUT2D eigenvalue weighted by Crippen LogP contribution is -2.14. The molecule has 0 aliphatic carbocycles.